The van der Waals surface area contributed by atoms with E-state index in [0.717, 1.165) is 28.4 Å². The van der Waals surface area contributed by atoms with Crippen LogP contribution in [-0.2, 0) is 0 Å². The molecule has 8 aromatic rings. The number of hydrogen-bond acceptors (Lipinski definition) is 3. The second-order valence-electron chi connectivity index (χ2n) is 13.4. The van der Waals surface area contributed by atoms with E-state index in [1.54, 1.807) is 0 Å². The lowest BCUT2D eigenvalue weighted by Crippen LogP contribution is -2.61. The molecule has 0 saturated carbocycles. The number of hydrogen-bond donors (Lipinski definition) is 0. The molecule has 10 rings (SSSR count). The van der Waals surface area contributed by atoms with Gasteiger partial charge in [0.15, 0.2) is 0 Å². The molecule has 8 aromatic carbocycles. The summed E-state index contributed by atoms with van der Waals surface area (Å²) in [6.45, 7) is 0.0631. The van der Waals surface area contributed by atoms with Gasteiger partial charge >= 0.3 is 0 Å². The Bertz CT molecular complexity index is 2480. The quantitative estimate of drug-likeness (QED) is 0.164. The van der Waals surface area contributed by atoms with Crippen LogP contribution in [-0.4, -0.2) is 6.71 Å². The lowest BCUT2D eigenvalue weighted by Gasteiger charge is -2.44. The van der Waals surface area contributed by atoms with Crippen LogP contribution in [0.5, 0.6) is 0 Å². The van der Waals surface area contributed by atoms with Crippen molar-refractivity contribution in [2.75, 3.05) is 14.7 Å². The van der Waals surface area contributed by atoms with Crippen molar-refractivity contribution in [3.63, 3.8) is 0 Å². The zero-order valence-electron chi connectivity index (χ0n) is 28.5. The Kier molecular flexibility index (Phi) is 7.25. The normalized spacial score (nSPS) is 12.5. The van der Waals surface area contributed by atoms with Crippen LogP contribution in [0.4, 0.5) is 51.2 Å². The number of rotatable bonds is 6. The highest BCUT2D eigenvalue weighted by atomic mass is 15.2. The average Bonchev–Trinajstić information content (AvgIpc) is 3.22. The molecule has 3 nitrogen and oxygen atoms in total. The number of fused-ring (bicyclic) bond motifs is 4. The fourth-order valence-corrected chi connectivity index (χ4v) is 8.18. The van der Waals surface area contributed by atoms with Gasteiger partial charge in [0.25, 0.3) is 6.71 Å². The second kappa shape index (κ2) is 12.5. The van der Waals surface area contributed by atoms with Gasteiger partial charge < -0.3 is 14.7 Å². The van der Waals surface area contributed by atoms with Crippen LogP contribution < -0.4 is 31.1 Å². The molecule has 0 aliphatic carbocycles. The SMILES string of the molecule is c1ccc(-c2ccc(N3c4ccccc4B4c5ccc(N(c6ccccc6)c6ccccc6)cc5N(c5ccccc5)c5cccc3c54)cc2)cc1. The molecule has 2 aliphatic heterocycles. The Balaban J connectivity index is 1.18. The molecule has 4 heteroatoms. The molecule has 0 radical (unpaired) electrons. The lowest BCUT2D eigenvalue weighted by molar-refractivity contribution is 1.24. The molecule has 2 aliphatic rings. The Morgan fingerprint density at radius 1 is 0.327 bits per heavy atom. The van der Waals surface area contributed by atoms with Gasteiger partial charge in [0, 0.05) is 51.2 Å². The number of benzene rings is 8. The van der Waals surface area contributed by atoms with E-state index in [2.05, 4.69) is 221 Å². The Hall–Kier alpha value is -6.78. The highest BCUT2D eigenvalue weighted by molar-refractivity contribution is 7.00. The molecule has 52 heavy (non-hydrogen) atoms. The first-order valence-corrected chi connectivity index (χ1v) is 17.9. The van der Waals surface area contributed by atoms with E-state index in [1.165, 1.54) is 50.3 Å². The van der Waals surface area contributed by atoms with Crippen molar-refractivity contribution in [1.82, 2.24) is 0 Å². The van der Waals surface area contributed by atoms with E-state index in [-0.39, 0.29) is 6.71 Å². The number of anilines is 9. The first kappa shape index (κ1) is 30.1. The Labute approximate surface area is 305 Å². The van der Waals surface area contributed by atoms with Crippen LogP contribution in [0.15, 0.2) is 206 Å². The highest BCUT2D eigenvalue weighted by Crippen LogP contribution is 2.45. The summed E-state index contributed by atoms with van der Waals surface area (Å²) in [6.07, 6.45) is 0. The van der Waals surface area contributed by atoms with Gasteiger partial charge in [-0.25, -0.2) is 0 Å². The number of nitrogens with zero attached hydrogens (tertiary/aromatic N) is 3. The summed E-state index contributed by atoms with van der Waals surface area (Å²) >= 11 is 0. The van der Waals surface area contributed by atoms with Crippen molar-refractivity contribution in [1.29, 1.82) is 0 Å². The maximum Gasteiger partial charge on any atom is 0.252 e. The monoisotopic (exact) mass is 663 g/mol. The fraction of sp³-hybridized carbons (Fsp3) is 0. The van der Waals surface area contributed by atoms with Gasteiger partial charge in [0.05, 0.1) is 0 Å². The number of para-hydroxylation sites is 4. The van der Waals surface area contributed by atoms with Gasteiger partial charge in [-0.2, -0.15) is 0 Å². The van der Waals surface area contributed by atoms with Crippen molar-refractivity contribution >= 4 is 74.3 Å². The molecule has 0 N–H and O–H groups in total. The lowest BCUT2D eigenvalue weighted by atomic mass is 9.33. The molecule has 0 bridgehead atoms. The van der Waals surface area contributed by atoms with Crippen LogP contribution in [0.2, 0.25) is 0 Å². The first-order chi connectivity index (χ1) is 25.8. The predicted molar refractivity (Wildman–Crippen MR) is 221 cm³/mol. The van der Waals surface area contributed by atoms with Crippen LogP contribution in [0.3, 0.4) is 0 Å². The zero-order chi connectivity index (χ0) is 34.4. The molecule has 244 valence electrons. The molecule has 0 atom stereocenters. The predicted octanol–water partition coefficient (Wildman–Crippen LogP) is 10.9. The molecule has 0 saturated heterocycles. The zero-order valence-corrected chi connectivity index (χ0v) is 28.5. The van der Waals surface area contributed by atoms with Crippen molar-refractivity contribution in [3.05, 3.63) is 206 Å². The maximum atomic E-state index is 2.47. The third-order valence-electron chi connectivity index (χ3n) is 10.4. The minimum atomic E-state index is 0.0631. The molecular formula is C48H34BN3. The third-order valence-corrected chi connectivity index (χ3v) is 10.4. The standard InChI is InChI=1S/C48H34BN3/c1-5-16-35(17-6-1)36-28-30-40(31-29-36)51-44-25-14-13-24-42(44)49-43-33-32-41(50(37-18-7-2-8-19-37)38-20-9-3-10-21-38)34-47(43)52(39-22-11-4-12-23-39)46-27-15-26-45(51)48(46)49/h1-34H. The molecule has 0 unspecified atom stereocenters. The van der Waals surface area contributed by atoms with Crippen molar-refractivity contribution in [2.24, 2.45) is 0 Å². The summed E-state index contributed by atoms with van der Waals surface area (Å²) in [5, 5.41) is 0. The minimum Gasteiger partial charge on any atom is -0.311 e. The topological polar surface area (TPSA) is 9.72 Å². The van der Waals surface area contributed by atoms with Crippen LogP contribution in [0.1, 0.15) is 0 Å². The fourth-order valence-electron chi connectivity index (χ4n) is 8.18. The van der Waals surface area contributed by atoms with Crippen molar-refractivity contribution in [2.45, 2.75) is 0 Å². The van der Waals surface area contributed by atoms with E-state index in [0.29, 0.717) is 0 Å². The van der Waals surface area contributed by atoms with Gasteiger partial charge in [-0.3, -0.25) is 0 Å². The van der Waals surface area contributed by atoms with Crippen LogP contribution in [0.25, 0.3) is 11.1 Å². The second-order valence-corrected chi connectivity index (χ2v) is 13.4. The minimum absolute atomic E-state index is 0.0631. The molecule has 0 aromatic heterocycles. The van der Waals surface area contributed by atoms with E-state index in [4.69, 9.17) is 0 Å². The first-order valence-electron chi connectivity index (χ1n) is 17.9. The maximum absolute atomic E-state index is 2.47. The summed E-state index contributed by atoms with van der Waals surface area (Å²) in [5.74, 6) is 0. The van der Waals surface area contributed by atoms with E-state index >= 15 is 0 Å². The van der Waals surface area contributed by atoms with Gasteiger partial charge in [-0.05, 0) is 106 Å². The van der Waals surface area contributed by atoms with Crippen LogP contribution in [0, 0.1) is 0 Å². The van der Waals surface area contributed by atoms with E-state index in [9.17, 15) is 0 Å². The van der Waals surface area contributed by atoms with Crippen LogP contribution >= 0.6 is 0 Å². The summed E-state index contributed by atoms with van der Waals surface area (Å²) < 4.78 is 0. The molecular weight excluding hydrogens is 629 g/mol. The van der Waals surface area contributed by atoms with Gasteiger partial charge in [0.2, 0.25) is 0 Å². The average molecular weight is 664 g/mol. The Morgan fingerprint density at radius 2 is 0.808 bits per heavy atom. The van der Waals surface area contributed by atoms with Crippen molar-refractivity contribution < 1.29 is 0 Å². The third kappa shape index (κ3) is 4.91. The Morgan fingerprint density at radius 3 is 1.46 bits per heavy atom. The van der Waals surface area contributed by atoms with Crippen molar-refractivity contribution in [3.8, 4) is 11.1 Å². The summed E-state index contributed by atoms with van der Waals surface area (Å²) in [7, 11) is 0. The molecule has 0 amide bonds. The van der Waals surface area contributed by atoms with E-state index in [1.807, 2.05) is 0 Å². The van der Waals surface area contributed by atoms with Gasteiger partial charge in [-0.1, -0.05) is 127 Å². The molecule has 0 spiro atoms. The molecule has 0 fully saturated rings. The molecule has 2 heterocycles. The van der Waals surface area contributed by atoms with Gasteiger partial charge in [-0.15, -0.1) is 0 Å². The largest absolute Gasteiger partial charge is 0.311 e. The smallest absolute Gasteiger partial charge is 0.252 e. The van der Waals surface area contributed by atoms with Gasteiger partial charge in [0.1, 0.15) is 0 Å². The summed E-state index contributed by atoms with van der Waals surface area (Å²) in [4.78, 5) is 7.27. The summed E-state index contributed by atoms with van der Waals surface area (Å²) in [6, 6.07) is 74.5. The van der Waals surface area contributed by atoms with E-state index < -0.39 is 0 Å². The summed E-state index contributed by atoms with van der Waals surface area (Å²) in [5.41, 5.74) is 16.8. The highest BCUT2D eigenvalue weighted by Gasteiger charge is 2.43.